The molecule has 5 nitrogen and oxygen atoms in total. The van der Waals surface area contributed by atoms with E-state index >= 15 is 0 Å². The SMILES string of the molecule is COc1ccccc1OCC(C)(C)CS(N)(=O)=O. The maximum absolute atomic E-state index is 11.1. The summed E-state index contributed by atoms with van der Waals surface area (Å²) >= 11 is 0. The Labute approximate surface area is 108 Å². The summed E-state index contributed by atoms with van der Waals surface area (Å²) in [7, 11) is -1.96. The lowest BCUT2D eigenvalue weighted by molar-refractivity contribution is 0.193. The molecule has 6 heteroatoms. The van der Waals surface area contributed by atoms with Gasteiger partial charge in [-0.3, -0.25) is 0 Å². The second-order valence-electron chi connectivity index (χ2n) is 4.91. The van der Waals surface area contributed by atoms with Crippen molar-refractivity contribution >= 4 is 10.0 Å². The van der Waals surface area contributed by atoms with Crippen LogP contribution < -0.4 is 14.6 Å². The van der Waals surface area contributed by atoms with Crippen molar-refractivity contribution in [1.82, 2.24) is 0 Å². The molecule has 18 heavy (non-hydrogen) atoms. The van der Waals surface area contributed by atoms with E-state index in [9.17, 15) is 8.42 Å². The van der Waals surface area contributed by atoms with E-state index in [1.165, 1.54) is 0 Å². The summed E-state index contributed by atoms with van der Waals surface area (Å²) in [6.07, 6.45) is 0. The van der Waals surface area contributed by atoms with Gasteiger partial charge in [0.15, 0.2) is 11.5 Å². The zero-order valence-corrected chi connectivity index (χ0v) is 11.7. The summed E-state index contributed by atoms with van der Waals surface area (Å²) in [4.78, 5) is 0. The summed E-state index contributed by atoms with van der Waals surface area (Å²) in [5, 5.41) is 5.04. The van der Waals surface area contributed by atoms with E-state index in [1.807, 2.05) is 12.1 Å². The van der Waals surface area contributed by atoms with Gasteiger partial charge >= 0.3 is 0 Å². The van der Waals surface area contributed by atoms with Gasteiger partial charge in [-0.05, 0) is 12.1 Å². The maximum atomic E-state index is 11.1. The van der Waals surface area contributed by atoms with Crippen LogP contribution in [0.3, 0.4) is 0 Å². The molecule has 1 aromatic carbocycles. The van der Waals surface area contributed by atoms with Gasteiger partial charge in [-0.25, -0.2) is 13.6 Å². The Kier molecular flexibility index (Phi) is 4.59. The van der Waals surface area contributed by atoms with Gasteiger partial charge in [-0.1, -0.05) is 26.0 Å². The normalized spacial score (nSPS) is 12.2. The lowest BCUT2D eigenvalue weighted by atomic mass is 9.98. The van der Waals surface area contributed by atoms with E-state index in [2.05, 4.69) is 0 Å². The van der Waals surface area contributed by atoms with Crippen molar-refractivity contribution in [1.29, 1.82) is 0 Å². The van der Waals surface area contributed by atoms with Crippen molar-refractivity contribution < 1.29 is 17.9 Å². The van der Waals surface area contributed by atoms with Gasteiger partial charge in [0.2, 0.25) is 10.0 Å². The van der Waals surface area contributed by atoms with E-state index in [-0.39, 0.29) is 12.4 Å². The molecule has 0 spiro atoms. The fourth-order valence-electron chi connectivity index (χ4n) is 1.60. The molecule has 0 saturated heterocycles. The molecule has 0 amide bonds. The first-order valence-electron chi connectivity index (χ1n) is 5.50. The lowest BCUT2D eigenvalue weighted by Gasteiger charge is -2.23. The number of methoxy groups -OCH3 is 1. The highest BCUT2D eigenvalue weighted by Crippen LogP contribution is 2.28. The molecule has 0 aliphatic rings. The third-order valence-corrected chi connectivity index (χ3v) is 3.46. The zero-order valence-electron chi connectivity index (χ0n) is 10.8. The molecule has 102 valence electrons. The molecule has 0 atom stereocenters. The Morgan fingerprint density at radius 1 is 1.22 bits per heavy atom. The quantitative estimate of drug-likeness (QED) is 0.849. The first-order valence-corrected chi connectivity index (χ1v) is 7.21. The van der Waals surface area contributed by atoms with Crippen molar-refractivity contribution in [2.75, 3.05) is 19.5 Å². The number of hydrogen-bond acceptors (Lipinski definition) is 4. The Morgan fingerprint density at radius 3 is 2.28 bits per heavy atom. The highest BCUT2D eigenvalue weighted by molar-refractivity contribution is 7.89. The predicted molar refractivity (Wildman–Crippen MR) is 70.2 cm³/mol. The van der Waals surface area contributed by atoms with E-state index in [4.69, 9.17) is 14.6 Å². The molecule has 0 unspecified atom stereocenters. The number of primary sulfonamides is 1. The average molecular weight is 273 g/mol. The van der Waals surface area contributed by atoms with Crippen LogP contribution in [-0.4, -0.2) is 27.9 Å². The highest BCUT2D eigenvalue weighted by atomic mass is 32.2. The van der Waals surface area contributed by atoms with Gasteiger partial charge in [-0.2, -0.15) is 0 Å². The minimum atomic E-state index is -3.51. The van der Waals surface area contributed by atoms with E-state index in [0.717, 1.165) is 0 Å². The van der Waals surface area contributed by atoms with Crippen LogP contribution in [0.15, 0.2) is 24.3 Å². The van der Waals surface area contributed by atoms with E-state index in [1.54, 1.807) is 33.1 Å². The smallest absolute Gasteiger partial charge is 0.209 e. The third-order valence-electron chi connectivity index (χ3n) is 2.28. The Balaban J connectivity index is 2.70. The van der Waals surface area contributed by atoms with Crippen LogP contribution in [0.1, 0.15) is 13.8 Å². The van der Waals surface area contributed by atoms with Gasteiger partial charge in [0.25, 0.3) is 0 Å². The van der Waals surface area contributed by atoms with Crippen molar-refractivity contribution in [2.24, 2.45) is 10.6 Å². The first-order chi connectivity index (χ1) is 8.23. The molecular formula is C12H19NO4S. The monoisotopic (exact) mass is 273 g/mol. The summed E-state index contributed by atoms with van der Waals surface area (Å²) in [6.45, 7) is 3.81. The van der Waals surface area contributed by atoms with Gasteiger partial charge in [0, 0.05) is 5.41 Å². The number of hydrogen-bond donors (Lipinski definition) is 1. The first kappa shape index (κ1) is 14.8. The minimum absolute atomic E-state index is 0.130. The van der Waals surface area contributed by atoms with Crippen LogP contribution in [-0.2, 0) is 10.0 Å². The summed E-state index contributed by atoms with van der Waals surface area (Å²) < 4.78 is 32.9. The Morgan fingerprint density at radius 2 is 1.78 bits per heavy atom. The largest absolute Gasteiger partial charge is 0.493 e. The third kappa shape index (κ3) is 4.93. The second-order valence-corrected chi connectivity index (χ2v) is 6.53. The van der Waals surface area contributed by atoms with Crippen LogP contribution in [0.2, 0.25) is 0 Å². The fourth-order valence-corrected chi connectivity index (χ4v) is 2.77. The zero-order chi connectivity index (χ0) is 13.8. The molecule has 0 aliphatic carbocycles. The van der Waals surface area contributed by atoms with Gasteiger partial charge in [0.1, 0.15) is 0 Å². The molecule has 0 heterocycles. The average Bonchev–Trinajstić information content (AvgIpc) is 2.23. The Hall–Kier alpha value is -1.27. The summed E-state index contributed by atoms with van der Waals surface area (Å²) in [5.41, 5.74) is -0.561. The number of ether oxygens (including phenoxy) is 2. The number of sulfonamides is 1. The molecule has 0 radical (unpaired) electrons. The van der Waals surface area contributed by atoms with Crippen LogP contribution in [0.4, 0.5) is 0 Å². The molecule has 0 saturated carbocycles. The van der Waals surface area contributed by atoms with Crippen molar-refractivity contribution in [3.05, 3.63) is 24.3 Å². The van der Waals surface area contributed by atoms with Gasteiger partial charge < -0.3 is 9.47 Å². The van der Waals surface area contributed by atoms with Crippen LogP contribution in [0, 0.1) is 5.41 Å². The summed E-state index contributed by atoms with van der Waals surface area (Å²) in [6, 6.07) is 7.21. The van der Waals surface area contributed by atoms with Crippen LogP contribution in [0.25, 0.3) is 0 Å². The molecule has 0 fully saturated rings. The van der Waals surface area contributed by atoms with Crippen molar-refractivity contribution in [3.63, 3.8) is 0 Å². The maximum Gasteiger partial charge on any atom is 0.209 e. The van der Waals surface area contributed by atoms with Crippen molar-refractivity contribution in [3.8, 4) is 11.5 Å². The molecule has 1 rings (SSSR count). The molecule has 0 aliphatic heterocycles. The predicted octanol–water partition coefficient (Wildman–Crippen LogP) is 1.39. The van der Waals surface area contributed by atoms with E-state index < -0.39 is 15.4 Å². The van der Waals surface area contributed by atoms with Gasteiger partial charge in [-0.15, -0.1) is 0 Å². The number of nitrogens with two attached hydrogens (primary N) is 1. The molecule has 1 aromatic rings. The molecule has 0 aromatic heterocycles. The topological polar surface area (TPSA) is 78.6 Å². The fraction of sp³-hybridized carbons (Fsp3) is 0.500. The second kappa shape index (κ2) is 5.58. The number of rotatable bonds is 6. The van der Waals surface area contributed by atoms with Crippen LogP contribution in [0.5, 0.6) is 11.5 Å². The summed E-state index contributed by atoms with van der Waals surface area (Å²) in [5.74, 6) is 1.07. The number of benzene rings is 1. The van der Waals surface area contributed by atoms with Gasteiger partial charge in [0.05, 0.1) is 19.5 Å². The minimum Gasteiger partial charge on any atom is -0.493 e. The molecule has 2 N–H and O–H groups in total. The molecular weight excluding hydrogens is 254 g/mol. The highest BCUT2D eigenvalue weighted by Gasteiger charge is 2.25. The standard InChI is InChI=1S/C12H19NO4S/c1-12(2,9-18(13,14)15)8-17-11-7-5-4-6-10(11)16-3/h4-7H,8-9H2,1-3H3,(H2,13,14,15). The van der Waals surface area contributed by atoms with Crippen LogP contribution >= 0.6 is 0 Å². The molecule has 0 bridgehead atoms. The number of para-hydroxylation sites is 2. The van der Waals surface area contributed by atoms with E-state index in [0.29, 0.717) is 11.5 Å². The Bertz CT molecular complexity index is 497. The van der Waals surface area contributed by atoms with Crippen molar-refractivity contribution in [2.45, 2.75) is 13.8 Å². The lowest BCUT2D eigenvalue weighted by Crippen LogP contribution is -2.33.